The van der Waals surface area contributed by atoms with Crippen LogP contribution in [0, 0.1) is 13.8 Å². The highest BCUT2D eigenvalue weighted by Gasteiger charge is 2.29. The van der Waals surface area contributed by atoms with Crippen molar-refractivity contribution in [2.24, 2.45) is 0 Å². The summed E-state index contributed by atoms with van der Waals surface area (Å²) in [4.78, 5) is 24.9. The highest BCUT2D eigenvalue weighted by Crippen LogP contribution is 2.42. The van der Waals surface area contributed by atoms with Crippen molar-refractivity contribution in [2.75, 3.05) is 14.2 Å². The monoisotopic (exact) mass is 360 g/mol. The van der Waals surface area contributed by atoms with E-state index in [1.54, 1.807) is 26.0 Å². The Morgan fingerprint density at radius 3 is 1.58 bits per heavy atom. The topological polar surface area (TPSA) is 136 Å². The number of aryl methyl sites for hydroxylation is 2. The van der Waals surface area contributed by atoms with E-state index in [0.29, 0.717) is 28.1 Å². The van der Waals surface area contributed by atoms with Crippen molar-refractivity contribution in [1.82, 2.24) is 20.4 Å². The van der Waals surface area contributed by atoms with Gasteiger partial charge in [-0.2, -0.15) is 0 Å². The summed E-state index contributed by atoms with van der Waals surface area (Å²) in [6.45, 7) is 3.48. The maximum absolute atomic E-state index is 12.4. The van der Waals surface area contributed by atoms with Crippen molar-refractivity contribution in [3.05, 3.63) is 60.9 Å². The molecule has 0 aliphatic rings. The second-order valence-corrected chi connectivity index (χ2v) is 5.94. The van der Waals surface area contributed by atoms with Gasteiger partial charge in [0.25, 0.3) is 11.1 Å². The predicted molar refractivity (Wildman–Crippen MR) is 94.5 cm³/mol. The van der Waals surface area contributed by atoms with Gasteiger partial charge >= 0.3 is 0 Å². The molecule has 0 bridgehead atoms. The number of rotatable bonds is 5. The zero-order valence-electron chi connectivity index (χ0n) is 14.8. The summed E-state index contributed by atoms with van der Waals surface area (Å²) in [6.07, 6.45) is 0. The SMILES string of the molecule is COc1cc(C(c2c(C)[nH][nH]c2=O)c2c(C)[nH][nH]c2=O)cc(OC)c1O. The number of phenolic OH excluding ortho intramolecular Hbond substituents is 1. The molecule has 0 unspecified atom stereocenters. The summed E-state index contributed by atoms with van der Waals surface area (Å²) >= 11 is 0. The van der Waals surface area contributed by atoms with E-state index >= 15 is 0 Å². The molecule has 0 saturated heterocycles. The molecule has 0 fully saturated rings. The van der Waals surface area contributed by atoms with Gasteiger partial charge < -0.3 is 24.8 Å². The Bertz CT molecular complexity index is 977. The van der Waals surface area contributed by atoms with E-state index in [0.717, 1.165) is 0 Å². The lowest BCUT2D eigenvalue weighted by Crippen LogP contribution is -2.20. The van der Waals surface area contributed by atoms with Crippen molar-refractivity contribution in [3.63, 3.8) is 0 Å². The van der Waals surface area contributed by atoms with Crippen LogP contribution in [0.5, 0.6) is 17.2 Å². The molecule has 26 heavy (non-hydrogen) atoms. The van der Waals surface area contributed by atoms with Gasteiger partial charge in [0.2, 0.25) is 5.75 Å². The molecule has 0 atom stereocenters. The minimum absolute atomic E-state index is 0.156. The Hall–Kier alpha value is -3.36. The van der Waals surface area contributed by atoms with E-state index in [9.17, 15) is 14.7 Å². The van der Waals surface area contributed by atoms with Crippen LogP contribution in [0.4, 0.5) is 0 Å². The quantitative estimate of drug-likeness (QED) is 0.466. The van der Waals surface area contributed by atoms with Crippen LogP contribution in [0.1, 0.15) is 34.0 Å². The van der Waals surface area contributed by atoms with Crippen LogP contribution in [0.15, 0.2) is 21.7 Å². The van der Waals surface area contributed by atoms with Gasteiger partial charge in [0.1, 0.15) is 0 Å². The van der Waals surface area contributed by atoms with Gasteiger partial charge in [-0.1, -0.05) is 0 Å². The van der Waals surface area contributed by atoms with E-state index in [1.807, 2.05) is 0 Å². The molecule has 138 valence electrons. The van der Waals surface area contributed by atoms with Crippen LogP contribution in [0.25, 0.3) is 0 Å². The largest absolute Gasteiger partial charge is 0.502 e. The lowest BCUT2D eigenvalue weighted by atomic mass is 9.85. The molecule has 2 aromatic heterocycles. The van der Waals surface area contributed by atoms with E-state index in [-0.39, 0.29) is 28.4 Å². The summed E-state index contributed by atoms with van der Waals surface area (Å²) in [5.41, 5.74) is 1.90. The number of ether oxygens (including phenoxy) is 2. The zero-order chi connectivity index (χ0) is 19.0. The highest BCUT2D eigenvalue weighted by molar-refractivity contribution is 5.57. The summed E-state index contributed by atoms with van der Waals surface area (Å²) in [5, 5.41) is 20.8. The van der Waals surface area contributed by atoms with Gasteiger partial charge in [-0.05, 0) is 31.5 Å². The number of aromatic amines is 4. The molecule has 0 radical (unpaired) electrons. The number of nitrogens with one attached hydrogen (secondary N) is 4. The van der Waals surface area contributed by atoms with E-state index in [4.69, 9.17) is 9.47 Å². The van der Waals surface area contributed by atoms with Crippen molar-refractivity contribution >= 4 is 0 Å². The maximum atomic E-state index is 12.4. The zero-order valence-corrected chi connectivity index (χ0v) is 14.8. The van der Waals surface area contributed by atoms with Gasteiger partial charge in [0, 0.05) is 17.3 Å². The maximum Gasteiger partial charge on any atom is 0.268 e. The molecule has 1 aromatic carbocycles. The lowest BCUT2D eigenvalue weighted by molar-refractivity contribution is 0.339. The van der Waals surface area contributed by atoms with Gasteiger partial charge in [0.15, 0.2) is 11.5 Å². The molecular formula is C17H20N4O5. The van der Waals surface area contributed by atoms with Crippen molar-refractivity contribution < 1.29 is 14.6 Å². The predicted octanol–water partition coefficient (Wildman–Crippen LogP) is 1.24. The third-order valence-corrected chi connectivity index (χ3v) is 4.44. The number of hydrogen-bond donors (Lipinski definition) is 5. The molecule has 0 amide bonds. The summed E-state index contributed by atoms with van der Waals surface area (Å²) in [5.74, 6) is -0.488. The number of benzene rings is 1. The molecule has 9 nitrogen and oxygen atoms in total. The summed E-state index contributed by atoms with van der Waals surface area (Å²) < 4.78 is 10.4. The molecular weight excluding hydrogens is 340 g/mol. The van der Waals surface area contributed by atoms with Crippen molar-refractivity contribution in [2.45, 2.75) is 19.8 Å². The number of aromatic nitrogens is 4. The van der Waals surface area contributed by atoms with Gasteiger partial charge in [-0.15, -0.1) is 0 Å². The molecule has 0 saturated carbocycles. The molecule has 3 aromatic rings. The third-order valence-electron chi connectivity index (χ3n) is 4.44. The van der Waals surface area contributed by atoms with Gasteiger partial charge in [-0.25, -0.2) is 0 Å². The molecule has 2 heterocycles. The summed E-state index contributed by atoms with van der Waals surface area (Å²) in [6, 6.07) is 3.17. The number of hydrogen-bond acceptors (Lipinski definition) is 5. The molecule has 9 heteroatoms. The van der Waals surface area contributed by atoms with Crippen LogP contribution in [-0.4, -0.2) is 39.7 Å². The Morgan fingerprint density at radius 1 is 0.846 bits per heavy atom. The van der Waals surface area contributed by atoms with Crippen LogP contribution in [0.3, 0.4) is 0 Å². The van der Waals surface area contributed by atoms with E-state index in [1.165, 1.54) is 14.2 Å². The Morgan fingerprint density at radius 2 is 1.27 bits per heavy atom. The first-order valence-electron chi connectivity index (χ1n) is 7.88. The lowest BCUT2D eigenvalue weighted by Gasteiger charge is -2.18. The average molecular weight is 360 g/mol. The minimum atomic E-state index is -0.691. The molecule has 3 rings (SSSR count). The number of H-pyrrole nitrogens is 4. The van der Waals surface area contributed by atoms with Crippen LogP contribution < -0.4 is 20.6 Å². The standard InChI is InChI=1S/C17H20N4O5/c1-7-12(16(23)20-18-7)14(13-8(2)19-21-17(13)24)9-5-10(25-3)15(22)11(6-9)26-4/h5-6,14,22H,1-4H3,(H2,18,20,23)(H2,19,21,24). The van der Waals surface area contributed by atoms with Crippen LogP contribution >= 0.6 is 0 Å². The molecule has 0 aliphatic carbocycles. The van der Waals surface area contributed by atoms with E-state index in [2.05, 4.69) is 20.4 Å². The normalized spacial score (nSPS) is 11.1. The van der Waals surface area contributed by atoms with Crippen LogP contribution in [-0.2, 0) is 0 Å². The van der Waals surface area contributed by atoms with E-state index < -0.39 is 5.92 Å². The first-order chi connectivity index (χ1) is 12.4. The fourth-order valence-corrected chi connectivity index (χ4v) is 3.16. The number of methoxy groups -OCH3 is 2. The second kappa shape index (κ2) is 6.51. The molecule has 0 spiro atoms. The first kappa shape index (κ1) is 17.5. The smallest absolute Gasteiger partial charge is 0.268 e. The van der Waals surface area contributed by atoms with Crippen LogP contribution in [0.2, 0.25) is 0 Å². The third kappa shape index (κ3) is 2.67. The highest BCUT2D eigenvalue weighted by atomic mass is 16.5. The second-order valence-electron chi connectivity index (χ2n) is 5.94. The Labute approximate surface area is 148 Å². The Kier molecular flexibility index (Phi) is 4.37. The fraction of sp³-hybridized carbons (Fsp3) is 0.294. The average Bonchev–Trinajstić information content (AvgIpc) is 3.13. The first-order valence-corrected chi connectivity index (χ1v) is 7.88. The number of aromatic hydroxyl groups is 1. The number of phenols is 1. The van der Waals surface area contributed by atoms with Crippen molar-refractivity contribution in [3.8, 4) is 17.2 Å². The Balaban J connectivity index is 2.37. The summed E-state index contributed by atoms with van der Waals surface area (Å²) in [7, 11) is 2.83. The van der Waals surface area contributed by atoms with Gasteiger partial charge in [-0.3, -0.25) is 19.8 Å². The van der Waals surface area contributed by atoms with Gasteiger partial charge in [0.05, 0.1) is 25.3 Å². The fourth-order valence-electron chi connectivity index (χ4n) is 3.16. The molecule has 5 N–H and O–H groups in total. The minimum Gasteiger partial charge on any atom is -0.502 e. The van der Waals surface area contributed by atoms with Crippen molar-refractivity contribution in [1.29, 1.82) is 0 Å². The molecule has 0 aliphatic heterocycles.